The molecule has 1 atom stereocenters. The van der Waals surface area contributed by atoms with Gasteiger partial charge in [-0.2, -0.15) is 0 Å². The van der Waals surface area contributed by atoms with Crippen molar-refractivity contribution in [3.63, 3.8) is 0 Å². The largest absolute Gasteiger partial charge is 0.216 e. The first-order chi connectivity index (χ1) is 6.49. The van der Waals surface area contributed by atoms with Crippen LogP contribution >= 0.6 is 11.8 Å². The molecule has 1 unspecified atom stereocenters. The Balaban J connectivity index is 4.46. The first-order valence-electron chi connectivity index (χ1n) is 4.55. The standard InChI is InChI=1S/C9H17ClN4/c1-7(2)9(14(4)10)5-8(3)6-12-13-11/h5,7,9H,6H2,1-4H3/b8-5+. The molecule has 0 heterocycles. The third kappa shape index (κ3) is 5.12. The Morgan fingerprint density at radius 1 is 1.64 bits per heavy atom. The Morgan fingerprint density at radius 2 is 2.21 bits per heavy atom. The number of likely N-dealkylation sites (N-methyl/N-ethyl adjacent to an activating group) is 1. The Kier molecular flexibility index (Phi) is 6.37. The number of hydrogen-bond donors (Lipinski definition) is 0. The highest BCUT2D eigenvalue weighted by Gasteiger charge is 2.14. The molecule has 14 heavy (non-hydrogen) atoms. The Bertz CT molecular complexity index is 233. The molecule has 0 N–H and O–H groups in total. The summed E-state index contributed by atoms with van der Waals surface area (Å²) in [5.74, 6) is 0.429. The molecule has 0 aliphatic carbocycles. The van der Waals surface area contributed by atoms with E-state index < -0.39 is 0 Å². The van der Waals surface area contributed by atoms with Gasteiger partial charge in [-0.3, -0.25) is 0 Å². The van der Waals surface area contributed by atoms with Crippen molar-refractivity contribution in [3.8, 4) is 0 Å². The molecule has 0 amide bonds. The van der Waals surface area contributed by atoms with Crippen LogP contribution in [-0.2, 0) is 0 Å². The van der Waals surface area contributed by atoms with Crippen LogP contribution < -0.4 is 0 Å². The first-order valence-corrected chi connectivity index (χ1v) is 4.89. The van der Waals surface area contributed by atoms with Gasteiger partial charge in [0, 0.05) is 24.5 Å². The fraction of sp³-hybridized carbons (Fsp3) is 0.778. The van der Waals surface area contributed by atoms with E-state index in [2.05, 4.69) is 23.9 Å². The molecular weight excluding hydrogens is 200 g/mol. The van der Waals surface area contributed by atoms with E-state index in [-0.39, 0.29) is 6.04 Å². The predicted octanol–water partition coefficient (Wildman–Crippen LogP) is 3.35. The van der Waals surface area contributed by atoms with Gasteiger partial charge in [0.2, 0.25) is 0 Å². The normalized spacial score (nSPS) is 14.4. The quantitative estimate of drug-likeness (QED) is 0.229. The SMILES string of the molecule is C/C(=C\C(C(C)C)N(C)Cl)CN=[N+]=[N-]. The Morgan fingerprint density at radius 3 is 2.57 bits per heavy atom. The van der Waals surface area contributed by atoms with Crippen LogP contribution in [0, 0.1) is 5.92 Å². The van der Waals surface area contributed by atoms with Crippen LogP contribution in [0.3, 0.4) is 0 Å². The molecule has 0 aliphatic rings. The Labute approximate surface area is 90.3 Å². The van der Waals surface area contributed by atoms with Crippen LogP contribution in [-0.4, -0.2) is 24.1 Å². The zero-order valence-electron chi connectivity index (χ0n) is 9.11. The lowest BCUT2D eigenvalue weighted by Gasteiger charge is -2.22. The van der Waals surface area contributed by atoms with E-state index in [9.17, 15) is 0 Å². The maximum Gasteiger partial charge on any atom is 0.0467 e. The molecule has 0 aromatic rings. The van der Waals surface area contributed by atoms with Crippen molar-refractivity contribution < 1.29 is 0 Å². The second kappa shape index (κ2) is 6.71. The maximum atomic E-state index is 8.16. The highest BCUT2D eigenvalue weighted by Crippen LogP contribution is 2.14. The lowest BCUT2D eigenvalue weighted by atomic mass is 10.0. The molecule has 0 aromatic carbocycles. The van der Waals surface area contributed by atoms with Gasteiger partial charge in [-0.05, 0) is 30.1 Å². The Hall–Kier alpha value is -0.700. The average molecular weight is 217 g/mol. The average Bonchev–Trinajstić information content (AvgIpc) is 2.09. The summed E-state index contributed by atoms with van der Waals surface area (Å²) in [6, 6.07) is 0.172. The summed E-state index contributed by atoms with van der Waals surface area (Å²) in [5, 5.41) is 3.49. The van der Waals surface area contributed by atoms with Crippen LogP contribution in [0.25, 0.3) is 10.4 Å². The van der Waals surface area contributed by atoms with Crippen molar-refractivity contribution in [2.75, 3.05) is 13.6 Å². The molecule has 0 rings (SSSR count). The molecular formula is C9H17ClN4. The minimum absolute atomic E-state index is 0.172. The van der Waals surface area contributed by atoms with Gasteiger partial charge >= 0.3 is 0 Å². The van der Waals surface area contributed by atoms with Crippen molar-refractivity contribution in [2.24, 2.45) is 11.0 Å². The third-order valence-corrected chi connectivity index (χ3v) is 2.16. The molecule has 0 aromatic heterocycles. The van der Waals surface area contributed by atoms with E-state index in [4.69, 9.17) is 17.3 Å². The molecule has 0 spiro atoms. The number of halogens is 1. The number of nitrogens with zero attached hydrogens (tertiary/aromatic N) is 4. The summed E-state index contributed by atoms with van der Waals surface area (Å²) in [4.78, 5) is 2.71. The van der Waals surface area contributed by atoms with Crippen LogP contribution in [0.1, 0.15) is 20.8 Å². The molecule has 0 radical (unpaired) electrons. The molecule has 0 bridgehead atoms. The summed E-state index contributed by atoms with van der Waals surface area (Å²) in [7, 11) is 1.82. The van der Waals surface area contributed by atoms with E-state index in [1.807, 2.05) is 20.0 Å². The summed E-state index contributed by atoms with van der Waals surface area (Å²) < 4.78 is 1.64. The van der Waals surface area contributed by atoms with Crippen molar-refractivity contribution in [3.05, 3.63) is 22.1 Å². The molecule has 0 saturated heterocycles. The second-order valence-corrected chi connectivity index (χ2v) is 4.19. The van der Waals surface area contributed by atoms with Crippen LogP contribution in [0.15, 0.2) is 16.8 Å². The number of azide groups is 1. The van der Waals surface area contributed by atoms with Gasteiger partial charge in [0.25, 0.3) is 0 Å². The minimum atomic E-state index is 0.172. The summed E-state index contributed by atoms with van der Waals surface area (Å²) in [6.07, 6.45) is 2.03. The zero-order valence-corrected chi connectivity index (χ0v) is 9.86. The van der Waals surface area contributed by atoms with Gasteiger partial charge < -0.3 is 0 Å². The summed E-state index contributed by atoms with van der Waals surface area (Å²) in [6.45, 7) is 6.54. The highest BCUT2D eigenvalue weighted by atomic mass is 35.5. The third-order valence-electron chi connectivity index (χ3n) is 1.93. The van der Waals surface area contributed by atoms with E-state index in [0.29, 0.717) is 12.5 Å². The fourth-order valence-corrected chi connectivity index (χ4v) is 1.48. The van der Waals surface area contributed by atoms with Crippen molar-refractivity contribution in [1.29, 1.82) is 0 Å². The number of hydrogen-bond acceptors (Lipinski definition) is 2. The first kappa shape index (κ1) is 13.3. The topological polar surface area (TPSA) is 52.0 Å². The van der Waals surface area contributed by atoms with E-state index in [1.54, 1.807) is 4.42 Å². The molecule has 4 nitrogen and oxygen atoms in total. The van der Waals surface area contributed by atoms with Gasteiger partial charge in [-0.1, -0.05) is 30.6 Å². The number of rotatable bonds is 5. The lowest BCUT2D eigenvalue weighted by molar-refractivity contribution is 0.365. The van der Waals surface area contributed by atoms with Crippen LogP contribution in [0.2, 0.25) is 0 Å². The van der Waals surface area contributed by atoms with Gasteiger partial charge in [-0.15, -0.1) is 0 Å². The van der Waals surface area contributed by atoms with E-state index in [1.165, 1.54) is 0 Å². The fourth-order valence-electron chi connectivity index (χ4n) is 1.19. The molecule has 0 saturated carbocycles. The monoisotopic (exact) mass is 216 g/mol. The zero-order chi connectivity index (χ0) is 11.1. The van der Waals surface area contributed by atoms with Crippen LogP contribution in [0.5, 0.6) is 0 Å². The summed E-state index contributed by atoms with van der Waals surface area (Å²) >= 11 is 5.90. The van der Waals surface area contributed by atoms with Crippen molar-refractivity contribution in [2.45, 2.75) is 26.8 Å². The lowest BCUT2D eigenvalue weighted by Crippen LogP contribution is -2.27. The van der Waals surface area contributed by atoms with E-state index in [0.717, 1.165) is 5.57 Å². The molecule has 80 valence electrons. The van der Waals surface area contributed by atoms with Gasteiger partial charge in [0.05, 0.1) is 0 Å². The van der Waals surface area contributed by atoms with Gasteiger partial charge in [-0.25, -0.2) is 4.42 Å². The van der Waals surface area contributed by atoms with Crippen molar-refractivity contribution >= 4 is 11.8 Å². The van der Waals surface area contributed by atoms with Crippen molar-refractivity contribution in [1.82, 2.24) is 4.42 Å². The van der Waals surface area contributed by atoms with Crippen LogP contribution in [0.4, 0.5) is 0 Å². The molecule has 0 aliphatic heterocycles. The maximum absolute atomic E-state index is 8.16. The molecule has 0 fully saturated rings. The summed E-state index contributed by atoms with van der Waals surface area (Å²) in [5.41, 5.74) is 9.20. The van der Waals surface area contributed by atoms with E-state index >= 15 is 0 Å². The minimum Gasteiger partial charge on any atom is -0.216 e. The predicted molar refractivity (Wildman–Crippen MR) is 60.0 cm³/mol. The van der Waals surface area contributed by atoms with Gasteiger partial charge in [0.15, 0.2) is 0 Å². The smallest absolute Gasteiger partial charge is 0.0467 e. The second-order valence-electron chi connectivity index (χ2n) is 3.66. The highest BCUT2D eigenvalue weighted by molar-refractivity contribution is 6.13. The molecule has 5 heteroatoms. The van der Waals surface area contributed by atoms with Gasteiger partial charge in [0.1, 0.15) is 0 Å².